The third-order valence-electron chi connectivity index (χ3n) is 1.76. The number of hydrogen-bond donors (Lipinski definition) is 2. The molecule has 0 amide bonds. The molecule has 0 aliphatic heterocycles. The van der Waals surface area contributed by atoms with Crippen LogP contribution in [-0.2, 0) is 10.0 Å². The average molecular weight is 395 g/mol. The normalized spacial score (nSPS) is 12.2. The summed E-state index contributed by atoms with van der Waals surface area (Å²) in [5.74, 6) is -1.38. The van der Waals surface area contributed by atoms with Crippen LogP contribution >= 0.6 is 22.6 Å². The molecule has 18 heavy (non-hydrogen) atoms. The quantitative estimate of drug-likeness (QED) is 0.770. The van der Waals surface area contributed by atoms with Crippen LogP contribution in [0.25, 0.3) is 0 Å². The van der Waals surface area contributed by atoms with Crippen LogP contribution in [-0.4, -0.2) is 25.0 Å². The number of carboxylic acid groups (broad SMARTS) is 1. The maximum absolute atomic E-state index is 12.1. The second kappa shape index (κ2) is 4.91. The molecule has 0 saturated heterocycles. The molecule has 0 radical (unpaired) electrons. The second-order valence-corrected chi connectivity index (χ2v) is 5.89. The predicted octanol–water partition coefficient (Wildman–Crippen LogP) is 2.25. The third-order valence-corrected chi connectivity index (χ3v) is 3.80. The highest BCUT2D eigenvalue weighted by atomic mass is 127. The average Bonchev–Trinajstić information content (AvgIpc) is 2.18. The Morgan fingerprint density at radius 3 is 2.33 bits per heavy atom. The number of benzene rings is 1. The monoisotopic (exact) mass is 395 g/mol. The number of rotatable bonds is 3. The van der Waals surface area contributed by atoms with Crippen LogP contribution in [0.3, 0.4) is 0 Å². The zero-order chi connectivity index (χ0) is 14.1. The number of halogens is 4. The minimum absolute atomic E-state index is 0.144. The lowest BCUT2D eigenvalue weighted by atomic mass is 10.2. The number of alkyl halides is 3. The van der Waals surface area contributed by atoms with Crippen LogP contribution in [0.2, 0.25) is 0 Å². The number of carbonyl (C=O) groups is 1. The number of anilines is 1. The Labute approximate surface area is 113 Å². The Kier molecular flexibility index (Phi) is 4.10. The van der Waals surface area contributed by atoms with Crippen LogP contribution in [0.5, 0.6) is 0 Å². The zero-order valence-electron chi connectivity index (χ0n) is 8.32. The molecule has 0 fully saturated rings. The van der Waals surface area contributed by atoms with Gasteiger partial charge in [0.1, 0.15) is 0 Å². The van der Waals surface area contributed by atoms with Gasteiger partial charge < -0.3 is 5.11 Å². The van der Waals surface area contributed by atoms with Gasteiger partial charge in [-0.15, -0.1) is 0 Å². The number of hydrogen-bond acceptors (Lipinski definition) is 3. The summed E-state index contributed by atoms with van der Waals surface area (Å²) >= 11 is 1.58. The number of aromatic carboxylic acids is 1. The maximum atomic E-state index is 12.1. The van der Waals surface area contributed by atoms with Crippen molar-refractivity contribution in [1.29, 1.82) is 0 Å². The van der Waals surface area contributed by atoms with Gasteiger partial charge in [0.15, 0.2) is 0 Å². The molecule has 0 atom stereocenters. The van der Waals surface area contributed by atoms with Gasteiger partial charge in [0.05, 0.1) is 11.3 Å². The number of sulfonamides is 1. The van der Waals surface area contributed by atoms with Crippen LogP contribution in [0.4, 0.5) is 18.9 Å². The number of nitrogens with one attached hydrogen (secondary N) is 1. The summed E-state index contributed by atoms with van der Waals surface area (Å²) in [6.07, 6.45) is 0. The molecule has 2 N–H and O–H groups in total. The Balaban J connectivity index is 3.20. The summed E-state index contributed by atoms with van der Waals surface area (Å²) in [6, 6.07) is 3.15. The molecule has 0 aliphatic carbocycles. The minimum atomic E-state index is -5.56. The SMILES string of the molecule is O=C(O)c1ccc(I)c(NS(=O)(=O)C(F)(F)F)c1. The molecule has 0 saturated carbocycles. The first kappa shape index (κ1) is 15.0. The fourth-order valence-corrected chi connectivity index (χ4v) is 2.17. The molecule has 0 bridgehead atoms. The Bertz CT molecular complexity index is 584. The molecule has 1 aromatic carbocycles. The van der Waals surface area contributed by atoms with Crippen molar-refractivity contribution in [2.75, 3.05) is 4.72 Å². The van der Waals surface area contributed by atoms with Gasteiger partial charge in [0, 0.05) is 3.57 Å². The van der Waals surface area contributed by atoms with E-state index in [1.54, 1.807) is 22.6 Å². The summed E-state index contributed by atoms with van der Waals surface area (Å²) in [6.45, 7) is 0. The fraction of sp³-hybridized carbons (Fsp3) is 0.125. The summed E-state index contributed by atoms with van der Waals surface area (Å²) in [4.78, 5) is 10.6. The summed E-state index contributed by atoms with van der Waals surface area (Å²) in [7, 11) is -5.56. The summed E-state index contributed by atoms with van der Waals surface area (Å²) in [5.41, 5.74) is -6.22. The highest BCUT2D eigenvalue weighted by molar-refractivity contribution is 14.1. The Hall–Kier alpha value is -1.04. The molecule has 1 aromatic rings. The standard InChI is InChI=1S/C8H5F3INO4S/c9-8(10,11)18(16,17)13-6-3-4(7(14)15)1-2-5(6)12/h1-3,13H,(H,14,15). The molecule has 100 valence electrons. The molecule has 0 aromatic heterocycles. The molecular formula is C8H5F3INO4S. The molecule has 0 aliphatic rings. The van der Waals surface area contributed by atoms with Gasteiger partial charge in [0.25, 0.3) is 0 Å². The fourth-order valence-electron chi connectivity index (χ4n) is 0.939. The van der Waals surface area contributed by atoms with Crippen molar-refractivity contribution in [2.45, 2.75) is 5.51 Å². The van der Waals surface area contributed by atoms with Crippen LogP contribution < -0.4 is 4.72 Å². The summed E-state index contributed by atoms with van der Waals surface area (Å²) in [5, 5.41) is 8.66. The maximum Gasteiger partial charge on any atom is 0.516 e. The van der Waals surface area contributed by atoms with E-state index < -0.39 is 27.2 Å². The molecule has 1 rings (SSSR count). The number of carboxylic acids is 1. The van der Waals surface area contributed by atoms with E-state index in [9.17, 15) is 26.4 Å². The van der Waals surface area contributed by atoms with E-state index in [4.69, 9.17) is 5.11 Å². The highest BCUT2D eigenvalue weighted by Gasteiger charge is 2.46. The van der Waals surface area contributed by atoms with Crippen molar-refractivity contribution in [3.05, 3.63) is 27.3 Å². The largest absolute Gasteiger partial charge is 0.516 e. The van der Waals surface area contributed by atoms with E-state index in [1.165, 1.54) is 10.8 Å². The molecular weight excluding hydrogens is 390 g/mol. The first-order chi connectivity index (χ1) is 8.04. The zero-order valence-corrected chi connectivity index (χ0v) is 11.3. The van der Waals surface area contributed by atoms with E-state index in [2.05, 4.69) is 0 Å². The summed E-state index contributed by atoms with van der Waals surface area (Å²) < 4.78 is 59.6. The minimum Gasteiger partial charge on any atom is -0.478 e. The second-order valence-electron chi connectivity index (χ2n) is 3.05. The van der Waals surface area contributed by atoms with Gasteiger partial charge in [-0.1, -0.05) is 0 Å². The smallest absolute Gasteiger partial charge is 0.478 e. The van der Waals surface area contributed by atoms with Crippen molar-refractivity contribution in [1.82, 2.24) is 0 Å². The lowest BCUT2D eigenvalue weighted by Crippen LogP contribution is -2.30. The van der Waals surface area contributed by atoms with E-state index >= 15 is 0 Å². The highest BCUT2D eigenvalue weighted by Crippen LogP contribution is 2.28. The molecule has 0 spiro atoms. The first-order valence-corrected chi connectivity index (χ1v) is 6.73. The molecule has 0 unspecified atom stereocenters. The lowest BCUT2D eigenvalue weighted by molar-refractivity contribution is -0.0429. The third kappa shape index (κ3) is 3.25. The molecule has 5 nitrogen and oxygen atoms in total. The van der Waals surface area contributed by atoms with Crippen LogP contribution in [0, 0.1) is 3.57 Å². The van der Waals surface area contributed by atoms with Gasteiger partial charge in [-0.2, -0.15) is 21.6 Å². The van der Waals surface area contributed by atoms with Crippen molar-refractivity contribution in [3.63, 3.8) is 0 Å². The van der Waals surface area contributed by atoms with Crippen molar-refractivity contribution in [2.24, 2.45) is 0 Å². The van der Waals surface area contributed by atoms with Crippen molar-refractivity contribution in [3.8, 4) is 0 Å². The van der Waals surface area contributed by atoms with E-state index in [1.807, 2.05) is 0 Å². The first-order valence-electron chi connectivity index (χ1n) is 4.16. The van der Waals surface area contributed by atoms with Gasteiger partial charge >= 0.3 is 21.5 Å². The molecule has 10 heteroatoms. The van der Waals surface area contributed by atoms with Gasteiger partial charge in [-0.05, 0) is 40.8 Å². The Morgan fingerprint density at radius 1 is 1.33 bits per heavy atom. The topological polar surface area (TPSA) is 83.5 Å². The van der Waals surface area contributed by atoms with E-state index in [0.29, 0.717) is 0 Å². The van der Waals surface area contributed by atoms with Gasteiger partial charge in [0.2, 0.25) is 0 Å². The van der Waals surface area contributed by atoms with Crippen molar-refractivity contribution < 1.29 is 31.5 Å². The predicted molar refractivity (Wildman–Crippen MR) is 64.7 cm³/mol. The van der Waals surface area contributed by atoms with E-state index in [0.717, 1.165) is 12.1 Å². The van der Waals surface area contributed by atoms with Crippen LogP contribution in [0.1, 0.15) is 10.4 Å². The molecule has 0 heterocycles. The van der Waals surface area contributed by atoms with Crippen LogP contribution in [0.15, 0.2) is 18.2 Å². The lowest BCUT2D eigenvalue weighted by Gasteiger charge is -2.12. The van der Waals surface area contributed by atoms with Gasteiger partial charge in [-0.3, -0.25) is 4.72 Å². The van der Waals surface area contributed by atoms with Gasteiger partial charge in [-0.25, -0.2) is 4.79 Å². The Morgan fingerprint density at radius 2 is 1.89 bits per heavy atom. The van der Waals surface area contributed by atoms with E-state index in [-0.39, 0.29) is 9.13 Å². The van der Waals surface area contributed by atoms with Crippen molar-refractivity contribution >= 4 is 44.3 Å².